The molecule has 0 aliphatic rings. The molecule has 0 aromatic heterocycles. The minimum Gasteiger partial charge on any atom is -0.316 e. The number of rotatable bonds is 6. The van der Waals surface area contributed by atoms with E-state index in [-0.39, 0.29) is 56.4 Å². The van der Waals surface area contributed by atoms with Gasteiger partial charge in [-0.1, -0.05) is 0 Å². The fraction of sp³-hybridized carbons (Fsp3) is 0.400. The van der Waals surface area contributed by atoms with E-state index in [4.69, 9.17) is 28.8 Å². The maximum Gasteiger partial charge on any atom is 0.176 e. The van der Waals surface area contributed by atoms with E-state index in [9.17, 15) is 0 Å². The third-order valence-corrected chi connectivity index (χ3v) is 1.25. The van der Waals surface area contributed by atoms with Crippen molar-refractivity contribution in [2.45, 2.75) is 41.5 Å². The van der Waals surface area contributed by atoms with Gasteiger partial charge in [0.15, 0.2) is 34.7 Å². The molecule has 0 aromatic carbocycles. The number of carbonyl (C=O) groups excluding carboxylic acids is 6. The van der Waals surface area contributed by atoms with Gasteiger partial charge in [0.05, 0.1) is 0 Å². The Morgan fingerprint density at radius 3 is 0.500 bits per heavy atom. The molecule has 124 valence electrons. The summed E-state index contributed by atoms with van der Waals surface area (Å²) in [5.74, 6) is 0.750. The summed E-state index contributed by atoms with van der Waals surface area (Å²) in [6.45, 7) is 9.00. The first-order chi connectivity index (χ1) is 9.38. The largest absolute Gasteiger partial charge is 0.316 e. The zero-order valence-corrected chi connectivity index (χ0v) is 15.5. The van der Waals surface area contributed by atoms with Gasteiger partial charge in [-0.25, -0.2) is 0 Å². The third-order valence-electron chi connectivity index (χ3n) is 1.25. The van der Waals surface area contributed by atoms with Crippen molar-refractivity contribution < 1.29 is 50.5 Å². The van der Waals surface area contributed by atoms with Gasteiger partial charge < -0.3 is 28.8 Å². The Morgan fingerprint density at radius 2 is 0.500 bits per heavy atom. The summed E-state index contributed by atoms with van der Waals surface area (Å²) in [4.78, 5) is 50.4. The summed E-state index contributed by atoms with van der Waals surface area (Å²) in [6.07, 6.45) is 3.83. The van der Waals surface area contributed by atoms with E-state index in [0.29, 0.717) is 0 Å². The number of hydrogen-bond acceptors (Lipinski definition) is 0. The van der Waals surface area contributed by atoms with Gasteiger partial charge in [0.2, 0.25) is 0 Å². The normalized spacial score (nSPS) is 7.36. The van der Waals surface area contributed by atoms with Crippen LogP contribution in [0.5, 0.6) is 0 Å². The second kappa shape index (κ2) is 17.4. The van der Waals surface area contributed by atoms with Crippen LogP contribution in [0.15, 0.2) is 0 Å². The Labute approximate surface area is 146 Å². The van der Waals surface area contributed by atoms with Crippen LogP contribution in [0, 0.1) is 19.3 Å². The van der Waals surface area contributed by atoms with Gasteiger partial charge in [-0.15, -0.1) is 0 Å². The second-order valence-electron chi connectivity index (χ2n) is 4.28. The van der Waals surface area contributed by atoms with Crippen LogP contribution in [0.4, 0.5) is 0 Å². The van der Waals surface area contributed by atoms with Crippen molar-refractivity contribution in [2.75, 3.05) is 0 Å². The van der Waals surface area contributed by atoms with Crippen LogP contribution in [0.1, 0.15) is 41.5 Å². The van der Waals surface area contributed by atoms with Crippen LogP contribution in [-0.2, 0) is 21.7 Å². The zero-order chi connectivity index (χ0) is 17.6. The molecular weight excluding hydrogens is 324 g/mol. The van der Waals surface area contributed by atoms with E-state index >= 15 is 0 Å². The molecule has 0 heterocycles. The smallest absolute Gasteiger partial charge is 0.176 e. The summed E-state index contributed by atoms with van der Waals surface area (Å²) in [5, 5.41) is 0. The molecule has 0 bridgehead atoms. The molecule has 7 heteroatoms. The Bertz CT molecular complexity index is 314. The van der Waals surface area contributed by atoms with E-state index in [0.717, 1.165) is 0 Å². The molecule has 0 aliphatic heterocycles. The van der Waals surface area contributed by atoms with Crippen LogP contribution in [0.2, 0.25) is 0 Å². The average Bonchev–Trinajstić information content (AvgIpc) is 2.10. The molecule has 0 radical (unpaired) electrons. The summed E-state index contributed by atoms with van der Waals surface area (Å²) in [7, 11) is 0. The molecule has 0 aliphatic carbocycles. The van der Waals surface area contributed by atoms with Gasteiger partial charge in [0.25, 0.3) is 0 Å². The van der Waals surface area contributed by atoms with Crippen LogP contribution >= 0.6 is 0 Å². The average molecular weight is 351 g/mol. The molecule has 0 rings (SSSR count). The van der Waals surface area contributed by atoms with E-state index in [2.05, 4.69) is 0 Å². The molecule has 0 unspecified atom stereocenters. The molecule has 6 nitrogen and oxygen atoms in total. The summed E-state index contributed by atoms with van der Waals surface area (Å²) in [5.41, 5.74) is 0. The predicted octanol–water partition coefficient (Wildman–Crippen LogP) is 0.958. The monoisotopic (exact) mass is 351 g/mol. The Balaban J connectivity index is -0.000000108. The molecule has 0 spiro atoms. The molecule has 0 atom stereocenters. The van der Waals surface area contributed by atoms with Crippen molar-refractivity contribution in [2.24, 2.45) is 0 Å². The first kappa shape index (κ1) is 28.5. The third kappa shape index (κ3) is 51.6. The van der Waals surface area contributed by atoms with E-state index in [1.54, 1.807) is 0 Å². The van der Waals surface area contributed by atoms with Crippen molar-refractivity contribution in [3.63, 3.8) is 0 Å². The van der Waals surface area contributed by atoms with Gasteiger partial charge in [0, 0.05) is 63.3 Å². The van der Waals surface area contributed by atoms with Crippen LogP contribution in [-0.4, -0.2) is 63.5 Å². The van der Waals surface area contributed by atoms with Crippen LogP contribution in [0.25, 0.3) is 0 Å². The van der Waals surface area contributed by atoms with Gasteiger partial charge >= 0.3 is 0 Å². The Kier molecular flexibility index (Phi) is 22.5. The molecule has 0 saturated heterocycles. The van der Waals surface area contributed by atoms with E-state index in [1.807, 2.05) is 0 Å². The number of hydrogen-bond donors (Lipinski definition) is 0. The molecule has 0 amide bonds. The molecule has 0 fully saturated rings. The van der Waals surface area contributed by atoms with E-state index < -0.39 is 0 Å². The quantitative estimate of drug-likeness (QED) is 0.292. The van der Waals surface area contributed by atoms with Gasteiger partial charge in [-0.05, 0) is 0 Å². The van der Waals surface area contributed by atoms with Crippen molar-refractivity contribution in [3.8, 4) is 0 Å². The standard InChI is InChI=1S/3C5H7O2.Ti/c3*1-4(6)3-5(2)7;/h3*3H,1-2H3;/q3*-1;/p+6. The molecule has 0 aromatic rings. The predicted molar refractivity (Wildman–Crippen MR) is 88.6 cm³/mol. The van der Waals surface area contributed by atoms with E-state index in [1.165, 1.54) is 60.8 Å². The summed E-state index contributed by atoms with van der Waals surface area (Å²) in [6, 6.07) is 0. The van der Waals surface area contributed by atoms with Crippen LogP contribution in [0.3, 0.4) is 0 Å². The fourth-order valence-electron chi connectivity index (χ4n) is 0.907. The topological polar surface area (TPSA) is 128 Å². The molecule has 6 N–H and O–H groups in total. The maximum absolute atomic E-state index is 8.40. The number of ketones is 6. The molecule has 0 saturated carbocycles. The van der Waals surface area contributed by atoms with Gasteiger partial charge in [0.1, 0.15) is 0 Å². The van der Waals surface area contributed by atoms with Crippen molar-refractivity contribution in [1.82, 2.24) is 0 Å². The Hall–Kier alpha value is -1.66. The summed E-state index contributed by atoms with van der Waals surface area (Å²) >= 11 is 0. The first-order valence-electron chi connectivity index (χ1n) is 6.07. The zero-order valence-electron chi connectivity index (χ0n) is 13.9. The van der Waals surface area contributed by atoms with Crippen molar-refractivity contribution >= 4 is 34.7 Å². The minimum absolute atomic E-state index is 0. The summed E-state index contributed by atoms with van der Waals surface area (Å²) < 4.78 is 0. The van der Waals surface area contributed by atoms with Crippen molar-refractivity contribution in [3.05, 3.63) is 19.3 Å². The van der Waals surface area contributed by atoms with Gasteiger partial charge in [-0.2, -0.15) is 19.3 Å². The first-order valence-corrected chi connectivity index (χ1v) is 6.07. The second-order valence-corrected chi connectivity index (χ2v) is 4.28. The fourth-order valence-corrected chi connectivity index (χ4v) is 0.907. The maximum atomic E-state index is 8.40. The van der Waals surface area contributed by atoms with Crippen LogP contribution < -0.4 is 0 Å². The van der Waals surface area contributed by atoms with Gasteiger partial charge in [-0.3, -0.25) is 0 Å². The van der Waals surface area contributed by atoms with Crippen molar-refractivity contribution in [1.29, 1.82) is 0 Å². The Morgan fingerprint density at radius 1 is 0.409 bits per heavy atom. The minimum atomic E-state index is 0. The molecule has 22 heavy (non-hydrogen) atoms. The molecular formula is C15H27O6Ti+3. The SMILES string of the molecule is CC(=[OH+])[CH-]C(C)=[OH+].CC(=[OH+])[CH-]C(C)=[OH+].CC(=[OH+])[CH-]C(C)=[OH+].[Ti].